The fraction of sp³-hybridized carbons (Fsp3) is 0.250. The molecule has 1 aromatic carbocycles. The van der Waals surface area contributed by atoms with E-state index >= 15 is 0 Å². The van der Waals surface area contributed by atoms with Crippen molar-refractivity contribution in [3.05, 3.63) is 59.6 Å². The summed E-state index contributed by atoms with van der Waals surface area (Å²) in [7, 11) is 0. The standard InChI is InChI=1S/C20H21N3O2S/c1-13(2)15-8-4-5-10-18(15)25-14(3)19(24)23-20-22-17(12-26-20)16-9-6-7-11-21-16/h4-14H,1-3H3,(H,22,23,24). The van der Waals surface area contributed by atoms with Crippen LogP contribution in [0.15, 0.2) is 54.0 Å². The number of hydrogen-bond acceptors (Lipinski definition) is 5. The second kappa shape index (κ2) is 8.10. The summed E-state index contributed by atoms with van der Waals surface area (Å²) in [6, 6.07) is 13.4. The number of carbonyl (C=O) groups excluding carboxylic acids is 1. The van der Waals surface area contributed by atoms with E-state index < -0.39 is 6.10 Å². The second-order valence-electron chi connectivity index (χ2n) is 6.19. The van der Waals surface area contributed by atoms with Crippen molar-refractivity contribution in [1.82, 2.24) is 9.97 Å². The van der Waals surface area contributed by atoms with Gasteiger partial charge in [0.1, 0.15) is 11.4 Å². The highest BCUT2D eigenvalue weighted by molar-refractivity contribution is 7.14. The van der Waals surface area contributed by atoms with E-state index in [1.165, 1.54) is 11.3 Å². The molecule has 1 N–H and O–H groups in total. The molecule has 0 fully saturated rings. The van der Waals surface area contributed by atoms with Gasteiger partial charge in [-0.3, -0.25) is 15.1 Å². The Kier molecular flexibility index (Phi) is 5.63. The molecular formula is C20H21N3O2S. The zero-order valence-electron chi connectivity index (χ0n) is 15.0. The van der Waals surface area contributed by atoms with Gasteiger partial charge in [0.25, 0.3) is 5.91 Å². The molecule has 0 aliphatic heterocycles. The summed E-state index contributed by atoms with van der Waals surface area (Å²) in [6.45, 7) is 5.93. The third-order valence-corrected chi connectivity index (χ3v) is 4.63. The van der Waals surface area contributed by atoms with Gasteiger partial charge in [-0.25, -0.2) is 4.98 Å². The summed E-state index contributed by atoms with van der Waals surface area (Å²) in [4.78, 5) is 21.1. The second-order valence-corrected chi connectivity index (χ2v) is 7.05. The number of para-hydroxylation sites is 1. The van der Waals surface area contributed by atoms with Crippen molar-refractivity contribution in [2.75, 3.05) is 5.32 Å². The Balaban J connectivity index is 1.66. The summed E-state index contributed by atoms with van der Waals surface area (Å²) in [5, 5.41) is 5.22. The minimum atomic E-state index is -0.628. The van der Waals surface area contributed by atoms with Crippen LogP contribution < -0.4 is 10.1 Å². The first-order valence-electron chi connectivity index (χ1n) is 8.48. The van der Waals surface area contributed by atoms with Crippen LogP contribution in [0.5, 0.6) is 5.75 Å². The normalized spacial score (nSPS) is 12.0. The number of amides is 1. The molecule has 3 rings (SSSR count). The van der Waals surface area contributed by atoms with Gasteiger partial charge >= 0.3 is 0 Å². The Labute approximate surface area is 157 Å². The van der Waals surface area contributed by atoms with Crippen LogP contribution >= 0.6 is 11.3 Å². The molecule has 0 bridgehead atoms. The summed E-state index contributed by atoms with van der Waals surface area (Å²) >= 11 is 1.37. The fourth-order valence-corrected chi connectivity index (χ4v) is 3.19. The Hall–Kier alpha value is -2.73. The van der Waals surface area contributed by atoms with E-state index in [1.54, 1.807) is 13.1 Å². The molecule has 2 heterocycles. The van der Waals surface area contributed by atoms with E-state index in [0.29, 0.717) is 11.0 Å². The highest BCUT2D eigenvalue weighted by atomic mass is 32.1. The minimum absolute atomic E-state index is 0.231. The van der Waals surface area contributed by atoms with Gasteiger partial charge in [-0.15, -0.1) is 11.3 Å². The predicted molar refractivity (Wildman–Crippen MR) is 105 cm³/mol. The third-order valence-electron chi connectivity index (χ3n) is 3.88. The Morgan fingerprint density at radius 1 is 1.08 bits per heavy atom. The first kappa shape index (κ1) is 18.1. The maximum Gasteiger partial charge on any atom is 0.266 e. The number of rotatable bonds is 6. The van der Waals surface area contributed by atoms with Crippen LogP contribution in [0.3, 0.4) is 0 Å². The quantitative estimate of drug-likeness (QED) is 0.684. The summed E-state index contributed by atoms with van der Waals surface area (Å²) in [6.07, 6.45) is 1.09. The molecule has 0 saturated heterocycles. The molecule has 1 unspecified atom stereocenters. The first-order valence-corrected chi connectivity index (χ1v) is 9.36. The Morgan fingerprint density at radius 2 is 1.85 bits per heavy atom. The summed E-state index contributed by atoms with van der Waals surface area (Å²) < 4.78 is 5.88. The first-order chi connectivity index (χ1) is 12.5. The molecule has 0 spiro atoms. The highest BCUT2D eigenvalue weighted by Crippen LogP contribution is 2.27. The molecule has 6 heteroatoms. The molecule has 0 radical (unpaired) electrons. The number of carbonyl (C=O) groups is 1. The molecule has 1 atom stereocenters. The van der Waals surface area contributed by atoms with Gasteiger partial charge in [0.05, 0.1) is 5.69 Å². The van der Waals surface area contributed by atoms with Crippen molar-refractivity contribution in [3.8, 4) is 17.1 Å². The van der Waals surface area contributed by atoms with Crippen LogP contribution in [0.25, 0.3) is 11.4 Å². The lowest BCUT2D eigenvalue weighted by atomic mass is 10.0. The zero-order chi connectivity index (χ0) is 18.5. The number of hydrogen-bond donors (Lipinski definition) is 1. The van der Waals surface area contributed by atoms with Gasteiger partial charge in [-0.05, 0) is 36.6 Å². The summed E-state index contributed by atoms with van der Waals surface area (Å²) in [5.41, 5.74) is 2.60. The van der Waals surface area contributed by atoms with E-state index in [9.17, 15) is 4.79 Å². The monoisotopic (exact) mass is 367 g/mol. The van der Waals surface area contributed by atoms with Gasteiger partial charge < -0.3 is 4.74 Å². The van der Waals surface area contributed by atoms with Crippen molar-refractivity contribution in [3.63, 3.8) is 0 Å². The molecule has 2 aromatic heterocycles. The average molecular weight is 367 g/mol. The number of nitrogens with one attached hydrogen (secondary N) is 1. The number of thiazole rings is 1. The maximum absolute atomic E-state index is 12.5. The van der Waals surface area contributed by atoms with Crippen molar-refractivity contribution in [2.24, 2.45) is 0 Å². The predicted octanol–water partition coefficient (Wildman–Crippen LogP) is 4.73. The maximum atomic E-state index is 12.5. The smallest absolute Gasteiger partial charge is 0.266 e. The van der Waals surface area contributed by atoms with E-state index in [0.717, 1.165) is 22.7 Å². The van der Waals surface area contributed by atoms with Crippen molar-refractivity contribution in [2.45, 2.75) is 32.8 Å². The van der Waals surface area contributed by atoms with Crippen LogP contribution in [-0.2, 0) is 4.79 Å². The van der Waals surface area contributed by atoms with E-state index in [1.807, 2.05) is 47.8 Å². The molecule has 0 saturated carbocycles. The summed E-state index contributed by atoms with van der Waals surface area (Å²) in [5.74, 6) is 0.824. The highest BCUT2D eigenvalue weighted by Gasteiger charge is 2.18. The number of anilines is 1. The molecule has 0 aliphatic rings. The minimum Gasteiger partial charge on any atom is -0.481 e. The number of benzene rings is 1. The van der Waals surface area contributed by atoms with Crippen molar-refractivity contribution >= 4 is 22.4 Å². The van der Waals surface area contributed by atoms with Crippen LogP contribution in [-0.4, -0.2) is 22.0 Å². The Morgan fingerprint density at radius 3 is 2.58 bits per heavy atom. The molecule has 0 aliphatic carbocycles. The van der Waals surface area contributed by atoms with Crippen molar-refractivity contribution in [1.29, 1.82) is 0 Å². The zero-order valence-corrected chi connectivity index (χ0v) is 15.8. The van der Waals surface area contributed by atoms with Crippen molar-refractivity contribution < 1.29 is 9.53 Å². The average Bonchev–Trinajstić information content (AvgIpc) is 3.11. The number of ether oxygens (including phenoxy) is 1. The number of aromatic nitrogens is 2. The number of pyridine rings is 1. The number of nitrogens with zero attached hydrogens (tertiary/aromatic N) is 2. The van der Waals surface area contributed by atoms with Gasteiger partial charge in [-0.1, -0.05) is 38.1 Å². The van der Waals surface area contributed by atoms with Gasteiger partial charge in [0.15, 0.2) is 11.2 Å². The topological polar surface area (TPSA) is 64.1 Å². The van der Waals surface area contributed by atoms with Crippen LogP contribution in [0.2, 0.25) is 0 Å². The van der Waals surface area contributed by atoms with Crippen LogP contribution in [0.1, 0.15) is 32.3 Å². The largest absolute Gasteiger partial charge is 0.481 e. The van der Waals surface area contributed by atoms with Gasteiger partial charge in [0.2, 0.25) is 0 Å². The molecule has 134 valence electrons. The van der Waals surface area contributed by atoms with E-state index in [2.05, 4.69) is 29.1 Å². The van der Waals surface area contributed by atoms with E-state index in [-0.39, 0.29) is 5.91 Å². The fourth-order valence-electron chi connectivity index (χ4n) is 2.48. The molecule has 1 amide bonds. The van der Waals surface area contributed by atoms with Gasteiger partial charge in [-0.2, -0.15) is 0 Å². The SMILES string of the molecule is CC(Oc1ccccc1C(C)C)C(=O)Nc1nc(-c2ccccn2)cs1. The van der Waals surface area contributed by atoms with Crippen LogP contribution in [0, 0.1) is 0 Å². The lowest BCUT2D eigenvalue weighted by molar-refractivity contribution is -0.122. The van der Waals surface area contributed by atoms with Crippen LogP contribution in [0.4, 0.5) is 5.13 Å². The molecule has 5 nitrogen and oxygen atoms in total. The molecule has 3 aromatic rings. The van der Waals surface area contributed by atoms with E-state index in [4.69, 9.17) is 4.74 Å². The lowest BCUT2D eigenvalue weighted by Crippen LogP contribution is -2.30. The lowest BCUT2D eigenvalue weighted by Gasteiger charge is -2.18. The Bertz CT molecular complexity index is 878. The molecule has 26 heavy (non-hydrogen) atoms. The van der Waals surface area contributed by atoms with Gasteiger partial charge in [0, 0.05) is 11.6 Å². The third kappa shape index (κ3) is 4.26. The molecular weight excluding hydrogens is 346 g/mol.